The van der Waals surface area contributed by atoms with Gasteiger partial charge in [0.25, 0.3) is 0 Å². The quantitative estimate of drug-likeness (QED) is 0.694. The molecule has 4 rings (SSSR count). The van der Waals surface area contributed by atoms with Crippen LogP contribution in [0.5, 0.6) is 0 Å². The summed E-state index contributed by atoms with van der Waals surface area (Å²) in [5, 5.41) is 1.09. The third kappa shape index (κ3) is 2.86. The number of hydrogen-bond acceptors (Lipinski definition) is 5. The summed E-state index contributed by atoms with van der Waals surface area (Å²) in [6.07, 6.45) is 3.49. The van der Waals surface area contributed by atoms with Crippen LogP contribution in [0.3, 0.4) is 0 Å². The molecule has 0 radical (unpaired) electrons. The Kier molecular flexibility index (Phi) is 3.83. The van der Waals surface area contributed by atoms with Crippen molar-refractivity contribution in [2.24, 2.45) is 0 Å². The van der Waals surface area contributed by atoms with E-state index in [1.807, 2.05) is 30.5 Å². The highest BCUT2D eigenvalue weighted by Crippen LogP contribution is 2.27. The van der Waals surface area contributed by atoms with Crippen molar-refractivity contribution in [1.82, 2.24) is 15.0 Å². The predicted octanol–water partition coefficient (Wildman–Crippen LogP) is 3.11. The van der Waals surface area contributed by atoms with Gasteiger partial charge in [-0.1, -0.05) is 22.0 Å². The van der Waals surface area contributed by atoms with Crippen LogP contribution < -0.4 is 9.80 Å². The summed E-state index contributed by atoms with van der Waals surface area (Å²) in [7, 11) is 0. The first-order valence-corrected chi connectivity index (χ1v) is 8.42. The van der Waals surface area contributed by atoms with E-state index in [0.29, 0.717) is 0 Å². The molecule has 1 fully saturated rings. The van der Waals surface area contributed by atoms with Gasteiger partial charge in [0.15, 0.2) is 0 Å². The lowest BCUT2D eigenvalue weighted by Gasteiger charge is -2.36. The van der Waals surface area contributed by atoms with Gasteiger partial charge < -0.3 is 9.80 Å². The van der Waals surface area contributed by atoms with Gasteiger partial charge in [-0.15, -0.1) is 0 Å². The van der Waals surface area contributed by atoms with Crippen LogP contribution in [0.25, 0.3) is 10.9 Å². The topological polar surface area (TPSA) is 45.2 Å². The van der Waals surface area contributed by atoms with Crippen molar-refractivity contribution < 1.29 is 0 Å². The fourth-order valence-electron chi connectivity index (χ4n) is 2.96. The predicted molar refractivity (Wildman–Crippen MR) is 95.9 cm³/mol. The summed E-state index contributed by atoms with van der Waals surface area (Å²) >= 11 is 3.54. The molecular weight excluding hydrogens is 354 g/mol. The fraction of sp³-hybridized carbons (Fsp3) is 0.235. The maximum absolute atomic E-state index is 4.53. The van der Waals surface area contributed by atoms with Gasteiger partial charge >= 0.3 is 0 Å². The average Bonchev–Trinajstić information content (AvgIpc) is 2.62. The molecule has 0 unspecified atom stereocenters. The molecule has 1 saturated heterocycles. The minimum Gasteiger partial charge on any atom is -0.353 e. The second-order valence-electron chi connectivity index (χ2n) is 5.52. The van der Waals surface area contributed by atoms with E-state index in [9.17, 15) is 0 Å². The van der Waals surface area contributed by atoms with Crippen LogP contribution >= 0.6 is 15.9 Å². The van der Waals surface area contributed by atoms with E-state index in [1.54, 1.807) is 6.33 Å². The Bertz CT molecular complexity index is 816. The number of nitrogens with zero attached hydrogens (tertiary/aromatic N) is 5. The molecule has 1 aromatic carbocycles. The van der Waals surface area contributed by atoms with Crippen LogP contribution in [-0.2, 0) is 0 Å². The van der Waals surface area contributed by atoms with Crippen LogP contribution in [0.2, 0.25) is 0 Å². The standard InChI is InChI=1S/C17H16BrN5/c18-13-4-5-15-14(11-13)17(21-12-20-15)23-9-7-22(8-10-23)16-3-1-2-6-19-16/h1-6,11-12H,7-10H2. The molecule has 0 amide bonds. The van der Waals surface area contributed by atoms with E-state index in [4.69, 9.17) is 0 Å². The normalized spacial score (nSPS) is 15.2. The third-order valence-corrected chi connectivity index (χ3v) is 4.62. The maximum atomic E-state index is 4.53. The van der Waals surface area contributed by atoms with Gasteiger partial charge in [0, 0.05) is 42.2 Å². The highest BCUT2D eigenvalue weighted by molar-refractivity contribution is 9.10. The summed E-state index contributed by atoms with van der Waals surface area (Å²) in [5.41, 5.74) is 0.977. The number of aromatic nitrogens is 3. The van der Waals surface area contributed by atoms with E-state index in [0.717, 1.165) is 53.2 Å². The lowest BCUT2D eigenvalue weighted by Crippen LogP contribution is -2.47. The van der Waals surface area contributed by atoms with Gasteiger partial charge in [0.05, 0.1) is 5.52 Å². The van der Waals surface area contributed by atoms with Crippen LogP contribution in [0.1, 0.15) is 0 Å². The molecule has 0 aliphatic carbocycles. The Morgan fingerprint density at radius 1 is 0.870 bits per heavy atom. The first kappa shape index (κ1) is 14.4. The van der Waals surface area contributed by atoms with Gasteiger partial charge in [-0.3, -0.25) is 0 Å². The summed E-state index contributed by atoms with van der Waals surface area (Å²) in [4.78, 5) is 18.0. The van der Waals surface area contributed by atoms with Crippen molar-refractivity contribution in [3.05, 3.63) is 53.4 Å². The van der Waals surface area contributed by atoms with Crippen molar-refractivity contribution >= 4 is 38.5 Å². The zero-order valence-electron chi connectivity index (χ0n) is 12.6. The third-order valence-electron chi connectivity index (χ3n) is 4.13. The van der Waals surface area contributed by atoms with Crippen LogP contribution in [-0.4, -0.2) is 41.1 Å². The zero-order valence-corrected chi connectivity index (χ0v) is 14.1. The lowest BCUT2D eigenvalue weighted by molar-refractivity contribution is 0.643. The van der Waals surface area contributed by atoms with E-state index < -0.39 is 0 Å². The monoisotopic (exact) mass is 369 g/mol. The smallest absolute Gasteiger partial charge is 0.140 e. The van der Waals surface area contributed by atoms with E-state index in [2.05, 4.69) is 52.8 Å². The average molecular weight is 370 g/mol. The molecule has 0 atom stereocenters. The SMILES string of the molecule is Brc1ccc2ncnc(N3CCN(c4ccccn4)CC3)c2c1. The molecule has 0 bridgehead atoms. The second-order valence-corrected chi connectivity index (χ2v) is 6.44. The van der Waals surface area contributed by atoms with Crippen LogP contribution in [0.15, 0.2) is 53.4 Å². The first-order valence-electron chi connectivity index (χ1n) is 7.62. The summed E-state index contributed by atoms with van der Waals surface area (Å²) in [6.45, 7) is 3.73. The molecule has 3 heterocycles. The minimum atomic E-state index is 0.926. The van der Waals surface area contributed by atoms with E-state index >= 15 is 0 Å². The molecule has 2 aromatic heterocycles. The van der Waals surface area contributed by atoms with Gasteiger partial charge in [-0.25, -0.2) is 15.0 Å². The molecule has 116 valence electrons. The first-order chi connectivity index (χ1) is 11.3. The molecule has 1 aliphatic rings. The highest BCUT2D eigenvalue weighted by atomic mass is 79.9. The summed E-state index contributed by atoms with van der Waals surface area (Å²) in [5.74, 6) is 2.06. The zero-order chi connectivity index (χ0) is 15.6. The van der Waals surface area contributed by atoms with Crippen LogP contribution in [0.4, 0.5) is 11.6 Å². The molecule has 3 aromatic rings. The van der Waals surface area contributed by atoms with Crippen molar-refractivity contribution in [2.45, 2.75) is 0 Å². The lowest BCUT2D eigenvalue weighted by atomic mass is 10.2. The summed E-state index contributed by atoms with van der Waals surface area (Å²) < 4.78 is 1.05. The fourth-order valence-corrected chi connectivity index (χ4v) is 3.32. The van der Waals surface area contributed by atoms with Crippen LogP contribution in [0, 0.1) is 0 Å². The maximum Gasteiger partial charge on any atom is 0.140 e. The number of benzene rings is 1. The van der Waals surface area contributed by atoms with Crippen molar-refractivity contribution in [3.63, 3.8) is 0 Å². The molecular formula is C17H16BrN5. The number of halogens is 1. The van der Waals surface area contributed by atoms with Gasteiger partial charge in [0.1, 0.15) is 18.0 Å². The Balaban J connectivity index is 1.58. The molecule has 0 N–H and O–H groups in total. The molecule has 6 heteroatoms. The Morgan fingerprint density at radius 3 is 2.48 bits per heavy atom. The van der Waals surface area contributed by atoms with E-state index in [1.165, 1.54) is 0 Å². The Morgan fingerprint density at radius 2 is 1.70 bits per heavy atom. The van der Waals surface area contributed by atoms with Crippen molar-refractivity contribution in [1.29, 1.82) is 0 Å². The van der Waals surface area contributed by atoms with Gasteiger partial charge in [0.2, 0.25) is 0 Å². The number of hydrogen-bond donors (Lipinski definition) is 0. The van der Waals surface area contributed by atoms with Crippen molar-refractivity contribution in [2.75, 3.05) is 36.0 Å². The largest absolute Gasteiger partial charge is 0.353 e. The van der Waals surface area contributed by atoms with Crippen molar-refractivity contribution in [3.8, 4) is 0 Å². The highest BCUT2D eigenvalue weighted by Gasteiger charge is 2.20. The Labute approximate surface area is 143 Å². The number of rotatable bonds is 2. The molecule has 0 saturated carbocycles. The number of piperazine rings is 1. The summed E-state index contributed by atoms with van der Waals surface area (Å²) in [6, 6.07) is 12.2. The minimum absolute atomic E-state index is 0.926. The van der Waals surface area contributed by atoms with Gasteiger partial charge in [-0.05, 0) is 30.3 Å². The number of pyridine rings is 1. The Hall–Kier alpha value is -2.21. The molecule has 23 heavy (non-hydrogen) atoms. The number of anilines is 2. The molecule has 5 nitrogen and oxygen atoms in total. The van der Waals surface area contributed by atoms with Gasteiger partial charge in [-0.2, -0.15) is 0 Å². The molecule has 0 spiro atoms. The molecule has 1 aliphatic heterocycles. The van der Waals surface area contributed by atoms with E-state index in [-0.39, 0.29) is 0 Å². The number of fused-ring (bicyclic) bond motifs is 1. The second kappa shape index (κ2) is 6.12.